The van der Waals surface area contributed by atoms with Gasteiger partial charge in [0.2, 0.25) is 0 Å². The fraction of sp³-hybridized carbons (Fsp3) is 0.556. The van der Waals surface area contributed by atoms with Crippen LogP contribution in [0, 0.1) is 17.8 Å². The number of hydrogen-bond acceptors (Lipinski definition) is 1. The fourth-order valence-electron chi connectivity index (χ4n) is 0.684. The zero-order valence-corrected chi connectivity index (χ0v) is 6.94. The van der Waals surface area contributed by atoms with Gasteiger partial charge in [-0.15, -0.1) is 5.92 Å². The van der Waals surface area contributed by atoms with Crippen molar-refractivity contribution in [2.45, 2.75) is 20.3 Å². The molecule has 1 nitrogen and oxygen atoms in total. The smallest absolute Gasteiger partial charge is 0.0396 e. The summed E-state index contributed by atoms with van der Waals surface area (Å²) < 4.78 is 0. The van der Waals surface area contributed by atoms with E-state index in [1.807, 2.05) is 20.2 Å². The molecule has 0 aliphatic rings. The van der Waals surface area contributed by atoms with E-state index in [0.717, 1.165) is 6.42 Å². The third kappa shape index (κ3) is 4.03. The van der Waals surface area contributed by atoms with E-state index in [1.54, 1.807) is 0 Å². The summed E-state index contributed by atoms with van der Waals surface area (Å²) in [6.07, 6.45) is 5.09. The van der Waals surface area contributed by atoms with Crippen LogP contribution < -0.4 is 5.32 Å². The molecule has 0 radical (unpaired) electrons. The molecular formula is C9H15N. The van der Waals surface area contributed by atoms with Crippen LogP contribution in [0.2, 0.25) is 0 Å². The van der Waals surface area contributed by atoms with Crippen LogP contribution in [0.5, 0.6) is 0 Å². The fourth-order valence-corrected chi connectivity index (χ4v) is 0.684. The topological polar surface area (TPSA) is 12.0 Å². The first-order valence-electron chi connectivity index (χ1n) is 3.61. The van der Waals surface area contributed by atoms with Gasteiger partial charge in [-0.1, -0.05) is 18.9 Å². The van der Waals surface area contributed by atoms with E-state index in [2.05, 4.69) is 30.2 Å². The Morgan fingerprint density at radius 3 is 2.70 bits per heavy atom. The Balaban J connectivity index is 3.78. The molecule has 1 atom stereocenters. The van der Waals surface area contributed by atoms with Crippen molar-refractivity contribution in [1.82, 2.24) is 5.32 Å². The van der Waals surface area contributed by atoms with Crippen molar-refractivity contribution in [3.05, 3.63) is 12.3 Å². The van der Waals surface area contributed by atoms with Gasteiger partial charge in [0.15, 0.2) is 0 Å². The van der Waals surface area contributed by atoms with Crippen LogP contribution in [-0.4, -0.2) is 7.05 Å². The minimum Gasteiger partial charge on any atom is -0.394 e. The Bertz CT molecular complexity index is 148. The first-order valence-corrected chi connectivity index (χ1v) is 3.61. The molecule has 1 heteroatoms. The molecule has 0 aliphatic carbocycles. The van der Waals surface area contributed by atoms with Gasteiger partial charge in [0, 0.05) is 13.0 Å². The standard InChI is InChI=1S/C9H15N/c1-4-6-9(5-2)7-8-10-3/h7-10H,5H2,1-3H3/b8-7-. The average molecular weight is 137 g/mol. The Morgan fingerprint density at radius 1 is 1.60 bits per heavy atom. The third-order valence-electron chi connectivity index (χ3n) is 1.26. The molecule has 0 spiro atoms. The monoisotopic (exact) mass is 137 g/mol. The van der Waals surface area contributed by atoms with Gasteiger partial charge in [0.25, 0.3) is 0 Å². The second kappa shape index (κ2) is 6.22. The van der Waals surface area contributed by atoms with Crippen LogP contribution >= 0.6 is 0 Å². The van der Waals surface area contributed by atoms with E-state index in [0.29, 0.717) is 5.92 Å². The predicted molar refractivity (Wildman–Crippen MR) is 45.4 cm³/mol. The summed E-state index contributed by atoms with van der Waals surface area (Å²) in [4.78, 5) is 0. The van der Waals surface area contributed by atoms with Crippen molar-refractivity contribution < 1.29 is 0 Å². The highest BCUT2D eigenvalue weighted by molar-refractivity contribution is 5.08. The Kier molecular flexibility index (Phi) is 5.66. The van der Waals surface area contributed by atoms with E-state index in [4.69, 9.17) is 0 Å². The molecule has 0 rings (SSSR count). The van der Waals surface area contributed by atoms with Crippen molar-refractivity contribution >= 4 is 0 Å². The number of allylic oxidation sites excluding steroid dienone is 1. The SMILES string of the molecule is CC#CC(/C=C\NC)CC. The molecule has 0 aromatic carbocycles. The molecule has 56 valence electrons. The highest BCUT2D eigenvalue weighted by Gasteiger charge is 1.92. The van der Waals surface area contributed by atoms with Crippen molar-refractivity contribution in [1.29, 1.82) is 0 Å². The van der Waals surface area contributed by atoms with E-state index in [9.17, 15) is 0 Å². The number of hydrogen-bond donors (Lipinski definition) is 1. The summed E-state index contributed by atoms with van der Waals surface area (Å²) in [7, 11) is 1.89. The minimum absolute atomic E-state index is 0.414. The maximum Gasteiger partial charge on any atom is 0.0396 e. The molecule has 0 aromatic heterocycles. The molecular weight excluding hydrogens is 122 g/mol. The zero-order chi connectivity index (χ0) is 7.82. The number of rotatable bonds is 3. The highest BCUT2D eigenvalue weighted by Crippen LogP contribution is 2.00. The van der Waals surface area contributed by atoms with Crippen molar-refractivity contribution in [2.24, 2.45) is 5.92 Å². The first kappa shape index (κ1) is 9.10. The third-order valence-corrected chi connectivity index (χ3v) is 1.26. The van der Waals surface area contributed by atoms with Crippen LogP contribution in [0.1, 0.15) is 20.3 Å². The summed E-state index contributed by atoms with van der Waals surface area (Å²) in [5, 5.41) is 2.94. The van der Waals surface area contributed by atoms with Gasteiger partial charge < -0.3 is 5.32 Å². The van der Waals surface area contributed by atoms with E-state index < -0.39 is 0 Å². The molecule has 0 saturated heterocycles. The molecule has 0 aliphatic heterocycles. The van der Waals surface area contributed by atoms with Crippen LogP contribution in [0.3, 0.4) is 0 Å². The molecule has 1 unspecified atom stereocenters. The van der Waals surface area contributed by atoms with Gasteiger partial charge >= 0.3 is 0 Å². The zero-order valence-electron chi connectivity index (χ0n) is 6.94. The summed E-state index contributed by atoms with van der Waals surface area (Å²) in [5.74, 6) is 6.40. The number of nitrogens with one attached hydrogen (secondary N) is 1. The first-order chi connectivity index (χ1) is 4.85. The molecule has 1 N–H and O–H groups in total. The Labute approximate surface area is 63.5 Å². The summed E-state index contributed by atoms with van der Waals surface area (Å²) in [6, 6.07) is 0. The van der Waals surface area contributed by atoms with Crippen LogP contribution in [0.15, 0.2) is 12.3 Å². The Morgan fingerprint density at radius 2 is 2.30 bits per heavy atom. The summed E-state index contributed by atoms with van der Waals surface area (Å²) in [5.41, 5.74) is 0. The largest absolute Gasteiger partial charge is 0.394 e. The van der Waals surface area contributed by atoms with Crippen LogP contribution in [0.25, 0.3) is 0 Å². The van der Waals surface area contributed by atoms with Gasteiger partial charge in [-0.2, -0.15) is 0 Å². The van der Waals surface area contributed by atoms with E-state index in [-0.39, 0.29) is 0 Å². The van der Waals surface area contributed by atoms with E-state index in [1.165, 1.54) is 0 Å². The average Bonchev–Trinajstić information content (AvgIpc) is 1.98. The lowest BCUT2D eigenvalue weighted by molar-refractivity contribution is 0.793. The quantitative estimate of drug-likeness (QED) is 0.584. The predicted octanol–water partition coefficient (Wildman–Crippen LogP) is 1.77. The van der Waals surface area contributed by atoms with Gasteiger partial charge in [-0.05, 0) is 19.5 Å². The second-order valence-electron chi connectivity index (χ2n) is 2.06. The van der Waals surface area contributed by atoms with E-state index >= 15 is 0 Å². The van der Waals surface area contributed by atoms with Crippen molar-refractivity contribution in [3.63, 3.8) is 0 Å². The molecule has 0 heterocycles. The lowest BCUT2D eigenvalue weighted by Crippen LogP contribution is -1.95. The van der Waals surface area contributed by atoms with Gasteiger partial charge in [-0.25, -0.2) is 0 Å². The second-order valence-corrected chi connectivity index (χ2v) is 2.06. The Hall–Kier alpha value is -0.900. The molecule has 10 heavy (non-hydrogen) atoms. The lowest BCUT2D eigenvalue weighted by Gasteiger charge is -1.97. The van der Waals surface area contributed by atoms with Crippen LogP contribution in [-0.2, 0) is 0 Å². The maximum absolute atomic E-state index is 3.09. The maximum atomic E-state index is 3.09. The molecule has 0 saturated carbocycles. The highest BCUT2D eigenvalue weighted by atomic mass is 14.8. The van der Waals surface area contributed by atoms with Gasteiger partial charge in [-0.3, -0.25) is 0 Å². The van der Waals surface area contributed by atoms with Crippen LogP contribution in [0.4, 0.5) is 0 Å². The molecule has 0 bridgehead atoms. The van der Waals surface area contributed by atoms with Gasteiger partial charge in [0.05, 0.1) is 0 Å². The molecule has 0 fully saturated rings. The molecule has 0 amide bonds. The summed E-state index contributed by atoms with van der Waals surface area (Å²) in [6.45, 7) is 4.00. The normalized spacial score (nSPS) is 12.3. The molecule has 0 aromatic rings. The minimum atomic E-state index is 0.414. The summed E-state index contributed by atoms with van der Waals surface area (Å²) >= 11 is 0. The van der Waals surface area contributed by atoms with Crippen molar-refractivity contribution in [3.8, 4) is 11.8 Å². The lowest BCUT2D eigenvalue weighted by atomic mass is 10.1. The van der Waals surface area contributed by atoms with Gasteiger partial charge in [0.1, 0.15) is 0 Å². The van der Waals surface area contributed by atoms with Crippen molar-refractivity contribution in [2.75, 3.05) is 7.05 Å².